The van der Waals surface area contributed by atoms with Gasteiger partial charge >= 0.3 is 0 Å². The summed E-state index contributed by atoms with van der Waals surface area (Å²) in [7, 11) is 2.08. The molecule has 1 aromatic heterocycles. The molecule has 1 fully saturated rings. The van der Waals surface area contributed by atoms with E-state index in [0.717, 1.165) is 31.7 Å². The zero-order valence-electron chi connectivity index (χ0n) is 12.3. The van der Waals surface area contributed by atoms with Crippen molar-refractivity contribution in [1.29, 1.82) is 0 Å². The van der Waals surface area contributed by atoms with Gasteiger partial charge in [-0.2, -0.15) is 0 Å². The average molecular weight is 261 g/mol. The van der Waals surface area contributed by atoms with Crippen LogP contribution in [0.15, 0.2) is 18.3 Å². The fraction of sp³-hybridized carbons (Fsp3) is 0.600. The molecule has 4 heteroatoms. The highest BCUT2D eigenvalue weighted by Crippen LogP contribution is 2.21. The zero-order chi connectivity index (χ0) is 14.0. The summed E-state index contributed by atoms with van der Waals surface area (Å²) in [4.78, 5) is 20.8. The maximum atomic E-state index is 12.3. The van der Waals surface area contributed by atoms with Gasteiger partial charge in [0.2, 0.25) is 0 Å². The second-order valence-corrected chi connectivity index (χ2v) is 6.28. The van der Waals surface area contributed by atoms with Crippen LogP contribution in [0.5, 0.6) is 0 Å². The summed E-state index contributed by atoms with van der Waals surface area (Å²) >= 11 is 0. The second-order valence-electron chi connectivity index (χ2n) is 6.28. The Bertz CT molecular complexity index is 439. The zero-order valence-corrected chi connectivity index (χ0v) is 12.3. The minimum atomic E-state index is 0.0496. The fourth-order valence-electron chi connectivity index (χ4n) is 2.14. The van der Waals surface area contributed by atoms with Gasteiger partial charge in [0.25, 0.3) is 5.91 Å². The molecule has 0 unspecified atom stereocenters. The van der Waals surface area contributed by atoms with Gasteiger partial charge in [-0.25, -0.2) is 0 Å². The maximum absolute atomic E-state index is 12.3. The largest absolute Gasteiger partial charge is 0.335 e. The Morgan fingerprint density at radius 3 is 2.26 bits per heavy atom. The molecular weight excluding hydrogens is 238 g/mol. The van der Waals surface area contributed by atoms with Crippen molar-refractivity contribution in [2.24, 2.45) is 0 Å². The van der Waals surface area contributed by atoms with E-state index in [4.69, 9.17) is 0 Å². The molecule has 1 amide bonds. The molecule has 2 heterocycles. The van der Waals surface area contributed by atoms with E-state index in [-0.39, 0.29) is 11.3 Å². The topological polar surface area (TPSA) is 36.4 Å². The standard InChI is InChI=1S/C15H23N3O/c1-15(2,3)12-5-6-13(16-11-12)14(19)18-9-7-17(4)8-10-18/h5-6,11H,7-10H2,1-4H3. The van der Waals surface area contributed by atoms with Gasteiger partial charge in [0.15, 0.2) is 0 Å². The number of carbonyl (C=O) groups excluding carboxylic acids is 1. The van der Waals surface area contributed by atoms with E-state index < -0.39 is 0 Å². The molecule has 0 spiro atoms. The highest BCUT2D eigenvalue weighted by atomic mass is 16.2. The SMILES string of the molecule is CN1CCN(C(=O)c2ccc(C(C)(C)C)cn2)CC1. The average Bonchev–Trinajstić information content (AvgIpc) is 2.38. The van der Waals surface area contributed by atoms with E-state index in [1.54, 1.807) is 0 Å². The number of hydrogen-bond donors (Lipinski definition) is 0. The van der Waals surface area contributed by atoms with Gasteiger partial charge in [-0.3, -0.25) is 9.78 Å². The molecule has 0 bridgehead atoms. The first-order valence-electron chi connectivity index (χ1n) is 6.82. The van der Waals surface area contributed by atoms with E-state index in [9.17, 15) is 4.79 Å². The lowest BCUT2D eigenvalue weighted by atomic mass is 9.88. The molecule has 104 valence electrons. The van der Waals surface area contributed by atoms with Gasteiger partial charge in [0.1, 0.15) is 5.69 Å². The van der Waals surface area contributed by atoms with Crippen molar-refractivity contribution in [3.8, 4) is 0 Å². The van der Waals surface area contributed by atoms with Gasteiger partial charge in [-0.1, -0.05) is 26.8 Å². The lowest BCUT2D eigenvalue weighted by Crippen LogP contribution is -2.47. The number of likely N-dealkylation sites (N-methyl/N-ethyl adjacent to an activating group) is 1. The predicted molar refractivity (Wildman–Crippen MR) is 76.3 cm³/mol. The van der Waals surface area contributed by atoms with Crippen LogP contribution in [0.25, 0.3) is 0 Å². The van der Waals surface area contributed by atoms with Crippen molar-refractivity contribution < 1.29 is 4.79 Å². The maximum Gasteiger partial charge on any atom is 0.272 e. The first kappa shape index (κ1) is 14.0. The quantitative estimate of drug-likeness (QED) is 0.773. The smallest absolute Gasteiger partial charge is 0.272 e. The van der Waals surface area contributed by atoms with E-state index in [2.05, 4.69) is 37.7 Å². The molecule has 1 saturated heterocycles. The molecule has 0 saturated carbocycles. The Balaban J connectivity index is 2.08. The van der Waals surface area contributed by atoms with Crippen molar-refractivity contribution >= 4 is 5.91 Å². The summed E-state index contributed by atoms with van der Waals surface area (Å²) < 4.78 is 0. The van der Waals surface area contributed by atoms with E-state index >= 15 is 0 Å². The number of aromatic nitrogens is 1. The molecule has 1 aromatic rings. The molecule has 1 aliphatic heterocycles. The fourth-order valence-corrected chi connectivity index (χ4v) is 2.14. The predicted octanol–water partition coefficient (Wildman–Crippen LogP) is 1.77. The number of piperazine rings is 1. The molecule has 19 heavy (non-hydrogen) atoms. The van der Waals surface area contributed by atoms with Crippen LogP contribution in [-0.4, -0.2) is 53.9 Å². The second kappa shape index (κ2) is 5.29. The normalized spacial score (nSPS) is 17.6. The van der Waals surface area contributed by atoms with E-state index in [0.29, 0.717) is 5.69 Å². The summed E-state index contributed by atoms with van der Waals surface area (Å²) in [6.45, 7) is 9.89. The van der Waals surface area contributed by atoms with Crippen molar-refractivity contribution in [1.82, 2.24) is 14.8 Å². The molecule has 4 nitrogen and oxygen atoms in total. The Morgan fingerprint density at radius 2 is 1.79 bits per heavy atom. The Labute approximate surface area is 115 Å². The molecule has 1 aliphatic rings. The van der Waals surface area contributed by atoms with Crippen molar-refractivity contribution in [3.05, 3.63) is 29.6 Å². The van der Waals surface area contributed by atoms with E-state index in [1.807, 2.05) is 23.2 Å². The first-order valence-corrected chi connectivity index (χ1v) is 6.82. The number of amides is 1. The van der Waals surface area contributed by atoms with Crippen LogP contribution < -0.4 is 0 Å². The third kappa shape index (κ3) is 3.32. The minimum Gasteiger partial charge on any atom is -0.335 e. The third-order valence-electron chi connectivity index (χ3n) is 3.64. The number of rotatable bonds is 1. The lowest BCUT2D eigenvalue weighted by Gasteiger charge is -2.32. The molecule has 0 aliphatic carbocycles. The van der Waals surface area contributed by atoms with Crippen molar-refractivity contribution in [2.75, 3.05) is 33.2 Å². The van der Waals surface area contributed by atoms with Crippen LogP contribution in [0.1, 0.15) is 36.8 Å². The summed E-state index contributed by atoms with van der Waals surface area (Å²) in [5, 5.41) is 0. The summed E-state index contributed by atoms with van der Waals surface area (Å²) in [5.74, 6) is 0.0496. The molecule has 0 aromatic carbocycles. The van der Waals surface area contributed by atoms with Crippen molar-refractivity contribution in [3.63, 3.8) is 0 Å². The van der Waals surface area contributed by atoms with Gasteiger partial charge in [0, 0.05) is 32.4 Å². The molecule has 0 radical (unpaired) electrons. The van der Waals surface area contributed by atoms with Crippen LogP contribution in [0.3, 0.4) is 0 Å². The Kier molecular flexibility index (Phi) is 3.90. The van der Waals surface area contributed by atoms with Crippen LogP contribution in [0.2, 0.25) is 0 Å². The number of pyridine rings is 1. The van der Waals surface area contributed by atoms with Gasteiger partial charge in [0.05, 0.1) is 0 Å². The monoisotopic (exact) mass is 261 g/mol. The van der Waals surface area contributed by atoms with Gasteiger partial charge in [-0.05, 0) is 24.1 Å². The molecule has 0 N–H and O–H groups in total. The lowest BCUT2D eigenvalue weighted by molar-refractivity contribution is 0.0658. The van der Waals surface area contributed by atoms with Gasteiger partial charge in [-0.15, -0.1) is 0 Å². The third-order valence-corrected chi connectivity index (χ3v) is 3.64. The van der Waals surface area contributed by atoms with Gasteiger partial charge < -0.3 is 9.80 Å². The molecular formula is C15H23N3O. The van der Waals surface area contributed by atoms with Crippen LogP contribution in [0.4, 0.5) is 0 Å². The Hall–Kier alpha value is -1.42. The Morgan fingerprint density at radius 1 is 1.16 bits per heavy atom. The van der Waals surface area contributed by atoms with Crippen LogP contribution in [0, 0.1) is 0 Å². The number of hydrogen-bond acceptors (Lipinski definition) is 3. The van der Waals surface area contributed by atoms with Crippen molar-refractivity contribution in [2.45, 2.75) is 26.2 Å². The highest BCUT2D eigenvalue weighted by Gasteiger charge is 2.22. The summed E-state index contributed by atoms with van der Waals surface area (Å²) in [6.07, 6.45) is 1.82. The highest BCUT2D eigenvalue weighted by molar-refractivity contribution is 5.92. The first-order chi connectivity index (χ1) is 8.88. The molecule has 0 atom stereocenters. The number of carbonyl (C=O) groups is 1. The summed E-state index contributed by atoms with van der Waals surface area (Å²) in [6, 6.07) is 3.86. The molecule has 2 rings (SSSR count). The van der Waals surface area contributed by atoms with Crippen LogP contribution in [-0.2, 0) is 5.41 Å². The summed E-state index contributed by atoms with van der Waals surface area (Å²) in [5.41, 5.74) is 1.78. The number of nitrogens with zero attached hydrogens (tertiary/aromatic N) is 3. The van der Waals surface area contributed by atoms with E-state index in [1.165, 1.54) is 0 Å². The minimum absolute atomic E-state index is 0.0496. The van der Waals surface area contributed by atoms with Crippen LogP contribution >= 0.6 is 0 Å².